The van der Waals surface area contributed by atoms with Crippen LogP contribution in [0.4, 0.5) is 0 Å². The minimum atomic E-state index is 0.758. The molecule has 0 atom stereocenters. The number of aromatic nitrogens is 1. The van der Waals surface area contributed by atoms with Crippen molar-refractivity contribution in [2.24, 2.45) is 0 Å². The molecule has 0 spiro atoms. The Morgan fingerprint density at radius 2 is 2.16 bits per heavy atom. The number of rotatable bonds is 9. The molecule has 1 N–H and O–H groups in total. The number of hydrogen-bond donors (Lipinski definition) is 1. The quantitative estimate of drug-likeness (QED) is 0.704. The molecule has 0 radical (unpaired) electrons. The van der Waals surface area contributed by atoms with E-state index in [1.165, 1.54) is 23.4 Å². The third-order valence-corrected chi connectivity index (χ3v) is 4.58. The summed E-state index contributed by atoms with van der Waals surface area (Å²) >= 11 is 1.89. The van der Waals surface area contributed by atoms with E-state index in [2.05, 4.69) is 35.1 Å². The topological polar surface area (TPSA) is 28.2 Å². The molecule has 3 nitrogen and oxygen atoms in total. The summed E-state index contributed by atoms with van der Waals surface area (Å²) in [5.41, 5.74) is 1.35. The molecule has 1 saturated carbocycles. The Bertz CT molecular complexity index is 375. The van der Waals surface area contributed by atoms with Crippen LogP contribution >= 0.6 is 11.8 Å². The number of thioether (sulfide) groups is 1. The Kier molecular flexibility index (Phi) is 6.14. The molecule has 0 saturated heterocycles. The van der Waals surface area contributed by atoms with Crippen LogP contribution in [0.5, 0.6) is 0 Å². The van der Waals surface area contributed by atoms with Crippen LogP contribution < -0.4 is 5.32 Å². The van der Waals surface area contributed by atoms with Crippen LogP contribution in [0.1, 0.15) is 32.3 Å². The summed E-state index contributed by atoms with van der Waals surface area (Å²) in [6, 6.07) is 4.99. The van der Waals surface area contributed by atoms with Gasteiger partial charge in [0.05, 0.1) is 0 Å². The van der Waals surface area contributed by atoms with Gasteiger partial charge in [0, 0.05) is 31.1 Å². The van der Waals surface area contributed by atoms with E-state index in [4.69, 9.17) is 0 Å². The molecule has 0 unspecified atom stereocenters. The first-order valence-electron chi connectivity index (χ1n) is 7.36. The first-order chi connectivity index (χ1) is 9.33. The van der Waals surface area contributed by atoms with E-state index in [1.54, 1.807) is 0 Å². The summed E-state index contributed by atoms with van der Waals surface area (Å²) in [6.07, 6.45) is 4.58. The zero-order valence-electron chi connectivity index (χ0n) is 12.1. The fourth-order valence-electron chi connectivity index (χ4n) is 2.04. The molecule has 106 valence electrons. The highest BCUT2D eigenvalue weighted by Gasteiger charge is 2.20. The van der Waals surface area contributed by atoms with Gasteiger partial charge in [-0.15, -0.1) is 11.8 Å². The van der Waals surface area contributed by atoms with Crippen molar-refractivity contribution >= 4 is 11.8 Å². The molecule has 1 fully saturated rings. The maximum absolute atomic E-state index is 4.53. The number of hydrogen-bond acceptors (Lipinski definition) is 4. The maximum atomic E-state index is 4.53. The van der Waals surface area contributed by atoms with Crippen molar-refractivity contribution in [3.8, 4) is 0 Å². The first kappa shape index (κ1) is 14.8. The van der Waals surface area contributed by atoms with Crippen molar-refractivity contribution < 1.29 is 0 Å². The van der Waals surface area contributed by atoms with E-state index >= 15 is 0 Å². The SMILES string of the molecule is CCN(CC)CCSc1ncccc1CNC1CC1. The minimum absolute atomic E-state index is 0.758. The Labute approximate surface area is 121 Å². The Morgan fingerprint density at radius 1 is 1.37 bits per heavy atom. The molecule has 2 rings (SSSR count). The van der Waals surface area contributed by atoms with Crippen LogP contribution in [-0.2, 0) is 6.54 Å². The van der Waals surface area contributed by atoms with Gasteiger partial charge in [0.1, 0.15) is 5.03 Å². The molecule has 0 aromatic carbocycles. The highest BCUT2D eigenvalue weighted by Crippen LogP contribution is 2.23. The molecule has 1 aromatic heterocycles. The van der Waals surface area contributed by atoms with Crippen molar-refractivity contribution in [2.45, 2.75) is 44.3 Å². The number of pyridine rings is 1. The zero-order valence-corrected chi connectivity index (χ0v) is 12.9. The standard InChI is InChI=1S/C15H25N3S/c1-3-18(4-2)10-11-19-15-13(6-5-9-16-15)12-17-14-7-8-14/h5-6,9,14,17H,3-4,7-8,10-12H2,1-2H3. The third kappa shape index (κ3) is 5.13. The highest BCUT2D eigenvalue weighted by atomic mass is 32.2. The van der Waals surface area contributed by atoms with Gasteiger partial charge in [0.25, 0.3) is 0 Å². The van der Waals surface area contributed by atoms with Gasteiger partial charge >= 0.3 is 0 Å². The normalized spacial score (nSPS) is 15.1. The minimum Gasteiger partial charge on any atom is -0.310 e. The van der Waals surface area contributed by atoms with Crippen LogP contribution in [0.3, 0.4) is 0 Å². The summed E-state index contributed by atoms with van der Waals surface area (Å²) in [7, 11) is 0. The van der Waals surface area contributed by atoms with Gasteiger partial charge in [-0.3, -0.25) is 0 Å². The highest BCUT2D eigenvalue weighted by molar-refractivity contribution is 7.99. The van der Waals surface area contributed by atoms with E-state index in [-0.39, 0.29) is 0 Å². The van der Waals surface area contributed by atoms with Crippen LogP contribution in [0.15, 0.2) is 23.4 Å². The predicted molar refractivity (Wildman–Crippen MR) is 82.6 cm³/mol. The molecule has 1 heterocycles. The Hall–Kier alpha value is -0.580. The van der Waals surface area contributed by atoms with Gasteiger partial charge in [0.15, 0.2) is 0 Å². The lowest BCUT2D eigenvalue weighted by molar-refractivity contribution is 0.324. The second-order valence-corrected chi connectivity index (χ2v) is 6.08. The molecule has 0 bridgehead atoms. The van der Waals surface area contributed by atoms with Crippen molar-refractivity contribution in [3.05, 3.63) is 23.9 Å². The van der Waals surface area contributed by atoms with Gasteiger partial charge < -0.3 is 10.2 Å². The fraction of sp³-hybridized carbons (Fsp3) is 0.667. The van der Waals surface area contributed by atoms with E-state index in [0.29, 0.717) is 0 Å². The lowest BCUT2D eigenvalue weighted by atomic mass is 10.3. The first-order valence-corrected chi connectivity index (χ1v) is 8.34. The maximum Gasteiger partial charge on any atom is 0.100 e. The van der Waals surface area contributed by atoms with Crippen molar-refractivity contribution in [2.75, 3.05) is 25.4 Å². The molecular weight excluding hydrogens is 254 g/mol. The molecule has 0 amide bonds. The molecule has 1 aliphatic carbocycles. The van der Waals surface area contributed by atoms with Gasteiger partial charge in [-0.2, -0.15) is 0 Å². The van der Waals surface area contributed by atoms with Crippen molar-refractivity contribution in [3.63, 3.8) is 0 Å². The predicted octanol–water partition coefficient (Wildman–Crippen LogP) is 2.77. The lowest BCUT2D eigenvalue weighted by Crippen LogP contribution is -2.25. The number of nitrogens with zero attached hydrogens (tertiary/aromatic N) is 2. The Morgan fingerprint density at radius 3 is 2.84 bits per heavy atom. The van der Waals surface area contributed by atoms with E-state index in [0.717, 1.165) is 38.0 Å². The average Bonchev–Trinajstić information content (AvgIpc) is 3.26. The van der Waals surface area contributed by atoms with Crippen molar-refractivity contribution in [1.29, 1.82) is 0 Å². The molecule has 1 aliphatic rings. The average molecular weight is 279 g/mol. The summed E-state index contributed by atoms with van der Waals surface area (Å²) in [6.45, 7) is 8.82. The number of nitrogens with one attached hydrogen (secondary N) is 1. The van der Waals surface area contributed by atoms with Gasteiger partial charge in [-0.25, -0.2) is 4.98 Å². The molecule has 4 heteroatoms. The van der Waals surface area contributed by atoms with E-state index in [1.807, 2.05) is 24.0 Å². The zero-order chi connectivity index (χ0) is 13.5. The summed E-state index contributed by atoms with van der Waals surface area (Å²) < 4.78 is 0. The summed E-state index contributed by atoms with van der Waals surface area (Å²) in [5, 5.41) is 4.77. The molecule has 0 aliphatic heterocycles. The molecular formula is C15H25N3S. The summed E-state index contributed by atoms with van der Waals surface area (Å²) in [5.74, 6) is 1.12. The van der Waals surface area contributed by atoms with Crippen LogP contribution in [0, 0.1) is 0 Å². The van der Waals surface area contributed by atoms with Gasteiger partial charge in [-0.05, 0) is 37.6 Å². The van der Waals surface area contributed by atoms with Crippen molar-refractivity contribution in [1.82, 2.24) is 15.2 Å². The lowest BCUT2D eigenvalue weighted by Gasteiger charge is -2.17. The largest absolute Gasteiger partial charge is 0.310 e. The third-order valence-electron chi connectivity index (χ3n) is 3.55. The second kappa shape index (κ2) is 7.88. The van der Waals surface area contributed by atoms with E-state index < -0.39 is 0 Å². The van der Waals surface area contributed by atoms with Crippen LogP contribution in [0.2, 0.25) is 0 Å². The Balaban J connectivity index is 1.80. The monoisotopic (exact) mass is 279 g/mol. The smallest absolute Gasteiger partial charge is 0.100 e. The van der Waals surface area contributed by atoms with Gasteiger partial charge in [0.2, 0.25) is 0 Å². The van der Waals surface area contributed by atoms with E-state index in [9.17, 15) is 0 Å². The van der Waals surface area contributed by atoms with Gasteiger partial charge in [-0.1, -0.05) is 19.9 Å². The van der Waals surface area contributed by atoms with Crippen LogP contribution in [0.25, 0.3) is 0 Å². The fourth-order valence-corrected chi connectivity index (χ4v) is 3.05. The summed E-state index contributed by atoms with van der Waals surface area (Å²) in [4.78, 5) is 6.99. The molecule has 19 heavy (non-hydrogen) atoms. The second-order valence-electron chi connectivity index (χ2n) is 5.00. The molecule has 1 aromatic rings. The van der Waals surface area contributed by atoms with Crippen LogP contribution in [-0.4, -0.2) is 41.3 Å².